The summed E-state index contributed by atoms with van der Waals surface area (Å²) >= 11 is 0. The molecule has 0 bridgehead atoms. The van der Waals surface area contributed by atoms with E-state index >= 15 is 0 Å². The van der Waals surface area contributed by atoms with Crippen LogP contribution in [0.3, 0.4) is 0 Å². The summed E-state index contributed by atoms with van der Waals surface area (Å²) in [4.78, 5) is 23.9. The molecule has 1 aromatic rings. The van der Waals surface area contributed by atoms with Crippen molar-refractivity contribution < 1.29 is 19.1 Å². The van der Waals surface area contributed by atoms with Crippen LogP contribution in [0.25, 0.3) is 0 Å². The van der Waals surface area contributed by atoms with Crippen LogP contribution in [0.4, 0.5) is 5.69 Å². The molecule has 2 atom stereocenters. The van der Waals surface area contributed by atoms with Crippen LogP contribution in [0.5, 0.6) is 5.75 Å². The molecule has 1 N–H and O–H groups in total. The van der Waals surface area contributed by atoms with Crippen molar-refractivity contribution in [3.8, 4) is 5.75 Å². The van der Waals surface area contributed by atoms with E-state index in [1.807, 2.05) is 12.1 Å². The zero-order chi connectivity index (χ0) is 15.9. The van der Waals surface area contributed by atoms with Gasteiger partial charge in [-0.05, 0) is 37.8 Å². The van der Waals surface area contributed by atoms with E-state index < -0.39 is 6.10 Å². The molecule has 22 heavy (non-hydrogen) atoms. The Hall–Kier alpha value is -2.30. The summed E-state index contributed by atoms with van der Waals surface area (Å²) < 4.78 is 10.4. The Morgan fingerprint density at radius 3 is 2.82 bits per heavy atom. The summed E-state index contributed by atoms with van der Waals surface area (Å²) in [5.74, 6) is 0.0708. The lowest BCUT2D eigenvalue weighted by Crippen LogP contribution is -2.30. The third-order valence-corrected chi connectivity index (χ3v) is 3.58. The molecule has 5 heteroatoms. The molecule has 2 rings (SSSR count). The Labute approximate surface area is 130 Å². The molecule has 1 aliphatic carbocycles. The zero-order valence-corrected chi connectivity index (χ0v) is 12.9. The molecule has 1 aliphatic rings. The van der Waals surface area contributed by atoms with Crippen molar-refractivity contribution >= 4 is 17.6 Å². The molecular formula is C17H21NO4. The highest BCUT2D eigenvalue weighted by atomic mass is 16.5. The number of hydrogen-bond acceptors (Lipinski definition) is 4. The van der Waals surface area contributed by atoms with Crippen LogP contribution >= 0.6 is 0 Å². The lowest BCUT2D eigenvalue weighted by atomic mass is 10.1. The average molecular weight is 303 g/mol. The summed E-state index contributed by atoms with van der Waals surface area (Å²) in [5.41, 5.74) is 0.552. The summed E-state index contributed by atoms with van der Waals surface area (Å²) in [7, 11) is 1.53. The molecule has 118 valence electrons. The second-order valence-electron chi connectivity index (χ2n) is 5.29. The Bertz CT molecular complexity index is 568. The topological polar surface area (TPSA) is 64.6 Å². The molecule has 0 aliphatic heterocycles. The predicted octanol–water partition coefficient (Wildman–Crippen LogP) is 2.92. The van der Waals surface area contributed by atoms with Crippen molar-refractivity contribution in [3.63, 3.8) is 0 Å². The van der Waals surface area contributed by atoms with Gasteiger partial charge in [0, 0.05) is 0 Å². The fourth-order valence-electron chi connectivity index (χ4n) is 2.36. The van der Waals surface area contributed by atoms with Gasteiger partial charge in [0.25, 0.3) is 5.91 Å². The second kappa shape index (κ2) is 7.64. The van der Waals surface area contributed by atoms with E-state index in [1.54, 1.807) is 25.1 Å². The van der Waals surface area contributed by atoms with Crippen molar-refractivity contribution in [2.45, 2.75) is 32.3 Å². The number of benzene rings is 1. The van der Waals surface area contributed by atoms with Gasteiger partial charge >= 0.3 is 5.97 Å². The number of carbonyl (C=O) groups excluding carboxylic acids is 2. The van der Waals surface area contributed by atoms with Crippen LogP contribution in [0.1, 0.15) is 26.2 Å². The Morgan fingerprint density at radius 2 is 2.14 bits per heavy atom. The lowest BCUT2D eigenvalue weighted by Gasteiger charge is -2.16. The third-order valence-electron chi connectivity index (χ3n) is 3.58. The summed E-state index contributed by atoms with van der Waals surface area (Å²) in [6.07, 6.45) is 5.54. The number of amides is 1. The van der Waals surface area contributed by atoms with Crippen LogP contribution in [0, 0.1) is 5.92 Å². The first kappa shape index (κ1) is 16.1. The van der Waals surface area contributed by atoms with Crippen molar-refractivity contribution in [1.29, 1.82) is 0 Å². The maximum absolute atomic E-state index is 12.1. The van der Waals surface area contributed by atoms with Crippen LogP contribution in [0.15, 0.2) is 36.4 Å². The molecule has 0 saturated carbocycles. The number of nitrogens with one attached hydrogen (secondary N) is 1. The smallest absolute Gasteiger partial charge is 0.307 e. The first-order valence-corrected chi connectivity index (χ1v) is 7.40. The van der Waals surface area contributed by atoms with Crippen LogP contribution in [-0.4, -0.2) is 25.1 Å². The zero-order valence-electron chi connectivity index (χ0n) is 12.9. The monoisotopic (exact) mass is 303 g/mol. The predicted molar refractivity (Wildman–Crippen MR) is 83.7 cm³/mol. The van der Waals surface area contributed by atoms with Crippen LogP contribution in [0.2, 0.25) is 0 Å². The van der Waals surface area contributed by atoms with Gasteiger partial charge in [-0.3, -0.25) is 9.59 Å². The van der Waals surface area contributed by atoms with E-state index in [4.69, 9.17) is 9.47 Å². The SMILES string of the molecule is COc1ccccc1NC(=O)[C@@H](C)OC(=O)C[C@@H]1C=CCC1. The molecule has 0 aromatic heterocycles. The number of methoxy groups -OCH3 is 1. The molecule has 1 aromatic carbocycles. The maximum atomic E-state index is 12.1. The third kappa shape index (κ3) is 4.35. The van der Waals surface area contributed by atoms with E-state index in [0.717, 1.165) is 12.8 Å². The average Bonchev–Trinajstić information content (AvgIpc) is 3.00. The minimum Gasteiger partial charge on any atom is -0.495 e. The van der Waals surface area contributed by atoms with E-state index in [0.29, 0.717) is 17.9 Å². The standard InChI is InChI=1S/C17H21NO4/c1-12(22-16(19)11-13-7-3-4-8-13)17(20)18-14-9-5-6-10-15(14)21-2/h3,5-7,9-10,12-13H,4,8,11H2,1-2H3,(H,18,20)/t12-,13-/m1/s1. The number of rotatable bonds is 6. The normalized spacial score (nSPS) is 17.8. The first-order valence-electron chi connectivity index (χ1n) is 7.40. The van der Waals surface area contributed by atoms with Gasteiger partial charge < -0.3 is 14.8 Å². The summed E-state index contributed by atoms with van der Waals surface area (Å²) in [5, 5.41) is 2.71. The van der Waals surface area contributed by atoms with Crippen molar-refractivity contribution in [2.75, 3.05) is 12.4 Å². The molecule has 0 radical (unpaired) electrons. The number of allylic oxidation sites excluding steroid dienone is 2. The van der Waals surface area contributed by atoms with Crippen molar-refractivity contribution in [2.24, 2.45) is 5.92 Å². The maximum Gasteiger partial charge on any atom is 0.307 e. The van der Waals surface area contributed by atoms with Gasteiger partial charge in [0.05, 0.1) is 19.2 Å². The molecular weight excluding hydrogens is 282 g/mol. The van der Waals surface area contributed by atoms with Gasteiger partial charge in [-0.1, -0.05) is 24.3 Å². The number of esters is 1. The number of ether oxygens (including phenoxy) is 2. The number of hydrogen-bond donors (Lipinski definition) is 1. The number of para-hydroxylation sites is 2. The minimum atomic E-state index is -0.845. The highest BCUT2D eigenvalue weighted by Gasteiger charge is 2.21. The minimum absolute atomic E-state index is 0.233. The summed E-state index contributed by atoms with van der Waals surface area (Å²) in [6, 6.07) is 7.08. The van der Waals surface area contributed by atoms with Gasteiger partial charge in [0.15, 0.2) is 6.10 Å². The van der Waals surface area contributed by atoms with Gasteiger partial charge in [-0.15, -0.1) is 0 Å². The van der Waals surface area contributed by atoms with E-state index in [1.165, 1.54) is 7.11 Å². The fraction of sp³-hybridized carbons (Fsp3) is 0.412. The fourth-order valence-corrected chi connectivity index (χ4v) is 2.36. The van der Waals surface area contributed by atoms with E-state index in [2.05, 4.69) is 11.4 Å². The van der Waals surface area contributed by atoms with E-state index in [9.17, 15) is 9.59 Å². The van der Waals surface area contributed by atoms with E-state index in [-0.39, 0.29) is 17.8 Å². The van der Waals surface area contributed by atoms with Crippen LogP contribution in [-0.2, 0) is 14.3 Å². The molecule has 0 unspecified atom stereocenters. The van der Waals surface area contributed by atoms with Gasteiger partial charge in [-0.25, -0.2) is 0 Å². The first-order chi connectivity index (χ1) is 10.6. The van der Waals surface area contributed by atoms with Crippen molar-refractivity contribution in [3.05, 3.63) is 36.4 Å². The molecule has 5 nitrogen and oxygen atoms in total. The largest absolute Gasteiger partial charge is 0.495 e. The molecule has 0 heterocycles. The van der Waals surface area contributed by atoms with Gasteiger partial charge in [-0.2, -0.15) is 0 Å². The Balaban J connectivity index is 1.86. The number of carbonyl (C=O) groups is 2. The molecule has 0 spiro atoms. The Morgan fingerprint density at radius 1 is 1.36 bits per heavy atom. The summed E-state index contributed by atoms with van der Waals surface area (Å²) in [6.45, 7) is 1.56. The van der Waals surface area contributed by atoms with Gasteiger partial charge in [0.1, 0.15) is 5.75 Å². The van der Waals surface area contributed by atoms with Gasteiger partial charge in [0.2, 0.25) is 0 Å². The highest BCUT2D eigenvalue weighted by molar-refractivity contribution is 5.96. The second-order valence-corrected chi connectivity index (χ2v) is 5.29. The number of anilines is 1. The van der Waals surface area contributed by atoms with Crippen LogP contribution < -0.4 is 10.1 Å². The molecule has 0 saturated heterocycles. The molecule has 1 amide bonds. The van der Waals surface area contributed by atoms with Crippen molar-refractivity contribution in [1.82, 2.24) is 0 Å². The Kier molecular flexibility index (Phi) is 5.58. The quantitative estimate of drug-likeness (QED) is 0.648. The molecule has 0 fully saturated rings. The lowest BCUT2D eigenvalue weighted by molar-refractivity contribution is -0.153. The highest BCUT2D eigenvalue weighted by Crippen LogP contribution is 2.24.